The molecule has 4 aromatic carbocycles. The second kappa shape index (κ2) is 9.47. The Morgan fingerprint density at radius 1 is 0.758 bits per heavy atom. The van der Waals surface area contributed by atoms with Gasteiger partial charge in [-0.25, -0.2) is 0 Å². The Kier molecular flexibility index (Phi) is 6.09. The van der Waals surface area contributed by atoms with E-state index in [0.717, 1.165) is 28.1 Å². The predicted molar refractivity (Wildman–Crippen MR) is 135 cm³/mol. The van der Waals surface area contributed by atoms with Crippen molar-refractivity contribution in [3.8, 4) is 11.1 Å². The van der Waals surface area contributed by atoms with E-state index in [1.165, 1.54) is 34.0 Å². The van der Waals surface area contributed by atoms with Crippen molar-refractivity contribution in [1.29, 1.82) is 0 Å². The van der Waals surface area contributed by atoms with Crippen LogP contribution in [0.15, 0.2) is 102 Å². The highest BCUT2D eigenvalue weighted by Crippen LogP contribution is 2.37. The number of amides is 1. The normalized spacial score (nSPS) is 11.5. The summed E-state index contributed by atoms with van der Waals surface area (Å²) in [5, 5.41) is 2.95. The minimum atomic E-state index is -0.0569. The molecule has 3 nitrogen and oxygen atoms in total. The Hall–Kier alpha value is -3.63. The maximum atomic E-state index is 12.9. The zero-order valence-corrected chi connectivity index (χ0v) is 18.9. The van der Waals surface area contributed by atoms with Crippen LogP contribution < -0.4 is 5.32 Å². The fraction of sp³-hybridized carbons (Fsp3) is 0.103. The lowest BCUT2D eigenvalue weighted by Gasteiger charge is -2.08. The van der Waals surface area contributed by atoms with Crippen LogP contribution in [0.1, 0.15) is 27.0 Å². The molecule has 0 saturated carbocycles. The van der Waals surface area contributed by atoms with Crippen LogP contribution in [0.25, 0.3) is 11.1 Å². The highest BCUT2D eigenvalue weighted by atomic mass is 32.2. The Balaban J connectivity index is 1.20. The van der Waals surface area contributed by atoms with Crippen LogP contribution in [0.5, 0.6) is 0 Å². The minimum absolute atomic E-state index is 0.0569. The van der Waals surface area contributed by atoms with E-state index in [1.807, 2.05) is 66.7 Å². The SMILES string of the molecule is O=C(Cc1ccccc1)Nc1cccc(SCC(=O)c2ccc3c(c2)Cc2ccccc2-3)c1. The van der Waals surface area contributed by atoms with Gasteiger partial charge in [-0.05, 0) is 58.5 Å². The number of carbonyl (C=O) groups excluding carboxylic acids is 2. The molecular weight excluding hydrogens is 426 g/mol. The van der Waals surface area contributed by atoms with Crippen LogP contribution in [0, 0.1) is 0 Å². The fourth-order valence-corrected chi connectivity index (χ4v) is 5.05. The van der Waals surface area contributed by atoms with Crippen LogP contribution in [0.4, 0.5) is 5.69 Å². The highest BCUT2D eigenvalue weighted by molar-refractivity contribution is 8.00. The Morgan fingerprint density at radius 3 is 2.42 bits per heavy atom. The van der Waals surface area contributed by atoms with Gasteiger partial charge in [0.15, 0.2) is 5.78 Å². The lowest BCUT2D eigenvalue weighted by atomic mass is 10.0. The number of anilines is 1. The van der Waals surface area contributed by atoms with E-state index in [-0.39, 0.29) is 11.7 Å². The van der Waals surface area contributed by atoms with Crippen molar-refractivity contribution in [1.82, 2.24) is 0 Å². The molecule has 5 rings (SSSR count). The first kappa shape index (κ1) is 21.2. The molecule has 1 amide bonds. The van der Waals surface area contributed by atoms with Crippen molar-refractivity contribution in [3.63, 3.8) is 0 Å². The molecule has 33 heavy (non-hydrogen) atoms. The average molecular weight is 450 g/mol. The summed E-state index contributed by atoms with van der Waals surface area (Å²) in [6.45, 7) is 0. The van der Waals surface area contributed by atoms with Crippen molar-refractivity contribution in [3.05, 3.63) is 119 Å². The van der Waals surface area contributed by atoms with Gasteiger partial charge in [0.05, 0.1) is 12.2 Å². The molecule has 0 aromatic heterocycles. The molecule has 0 bridgehead atoms. The molecule has 0 fully saturated rings. The number of hydrogen-bond acceptors (Lipinski definition) is 3. The summed E-state index contributed by atoms with van der Waals surface area (Å²) in [5.41, 5.74) is 7.50. The summed E-state index contributed by atoms with van der Waals surface area (Å²) in [6.07, 6.45) is 1.21. The monoisotopic (exact) mass is 449 g/mol. The molecule has 1 N–H and O–H groups in total. The number of fused-ring (bicyclic) bond motifs is 3. The van der Waals surface area contributed by atoms with Crippen LogP contribution in [0.2, 0.25) is 0 Å². The summed E-state index contributed by atoms with van der Waals surface area (Å²) in [7, 11) is 0. The van der Waals surface area contributed by atoms with Gasteiger partial charge >= 0.3 is 0 Å². The molecule has 0 saturated heterocycles. The quantitative estimate of drug-likeness (QED) is 0.231. The van der Waals surface area contributed by atoms with Gasteiger partial charge in [0.1, 0.15) is 0 Å². The number of thioether (sulfide) groups is 1. The Bertz CT molecular complexity index is 1330. The van der Waals surface area contributed by atoms with Crippen LogP contribution in [-0.2, 0) is 17.6 Å². The largest absolute Gasteiger partial charge is 0.326 e. The molecule has 0 spiro atoms. The first-order valence-electron chi connectivity index (χ1n) is 11.0. The van der Waals surface area contributed by atoms with Gasteiger partial charge in [-0.3, -0.25) is 9.59 Å². The molecule has 4 aromatic rings. The lowest BCUT2D eigenvalue weighted by molar-refractivity contribution is -0.115. The van der Waals surface area contributed by atoms with Crippen molar-refractivity contribution >= 4 is 29.1 Å². The van der Waals surface area contributed by atoms with Crippen LogP contribution in [0.3, 0.4) is 0 Å². The molecular formula is C29H23NO2S. The van der Waals surface area contributed by atoms with Gasteiger partial charge in [0.25, 0.3) is 0 Å². The van der Waals surface area contributed by atoms with E-state index < -0.39 is 0 Å². The van der Waals surface area contributed by atoms with Gasteiger partial charge in [-0.2, -0.15) is 0 Å². The van der Waals surface area contributed by atoms with Gasteiger partial charge in [0.2, 0.25) is 5.91 Å². The van der Waals surface area contributed by atoms with E-state index >= 15 is 0 Å². The predicted octanol–water partition coefficient (Wildman–Crippen LogP) is 6.41. The number of hydrogen-bond donors (Lipinski definition) is 1. The van der Waals surface area contributed by atoms with E-state index in [9.17, 15) is 9.59 Å². The van der Waals surface area contributed by atoms with Crippen molar-refractivity contribution < 1.29 is 9.59 Å². The summed E-state index contributed by atoms with van der Waals surface area (Å²) < 4.78 is 0. The zero-order chi connectivity index (χ0) is 22.6. The summed E-state index contributed by atoms with van der Waals surface area (Å²) in [5.74, 6) is 0.406. The van der Waals surface area contributed by atoms with Crippen LogP contribution in [-0.4, -0.2) is 17.4 Å². The van der Waals surface area contributed by atoms with Crippen molar-refractivity contribution in [2.24, 2.45) is 0 Å². The number of ketones is 1. The van der Waals surface area contributed by atoms with Crippen molar-refractivity contribution in [2.75, 3.05) is 11.1 Å². The summed E-state index contributed by atoms with van der Waals surface area (Å²) in [6, 6.07) is 31.8. The second-order valence-corrected chi connectivity index (χ2v) is 9.20. The lowest BCUT2D eigenvalue weighted by Crippen LogP contribution is -2.14. The van der Waals surface area contributed by atoms with E-state index in [1.54, 1.807) is 0 Å². The maximum Gasteiger partial charge on any atom is 0.228 e. The number of nitrogens with one attached hydrogen (secondary N) is 1. The van der Waals surface area contributed by atoms with Crippen molar-refractivity contribution in [2.45, 2.75) is 17.7 Å². The molecule has 0 atom stereocenters. The molecule has 0 radical (unpaired) electrons. The number of carbonyl (C=O) groups is 2. The van der Waals surface area contributed by atoms with Crippen LogP contribution >= 0.6 is 11.8 Å². The van der Waals surface area contributed by atoms with Gasteiger partial charge in [-0.1, -0.05) is 72.8 Å². The Labute approximate surface area is 197 Å². The van der Waals surface area contributed by atoms with Gasteiger partial charge in [-0.15, -0.1) is 11.8 Å². The van der Waals surface area contributed by atoms with Gasteiger partial charge < -0.3 is 5.32 Å². The third kappa shape index (κ3) is 4.91. The molecule has 162 valence electrons. The molecule has 4 heteroatoms. The average Bonchev–Trinajstić information content (AvgIpc) is 3.21. The zero-order valence-electron chi connectivity index (χ0n) is 18.1. The second-order valence-electron chi connectivity index (χ2n) is 8.16. The third-order valence-electron chi connectivity index (χ3n) is 5.81. The standard InChI is InChI=1S/C29H23NO2S/c31-28(22-13-14-27-23(17-22)16-21-9-4-5-12-26(21)27)19-33-25-11-6-10-24(18-25)30-29(32)15-20-7-2-1-3-8-20/h1-14,17-18H,15-16,19H2,(H,30,32). The maximum absolute atomic E-state index is 12.9. The topological polar surface area (TPSA) is 46.2 Å². The molecule has 0 heterocycles. The van der Waals surface area contributed by atoms with E-state index in [2.05, 4.69) is 35.6 Å². The minimum Gasteiger partial charge on any atom is -0.326 e. The third-order valence-corrected chi connectivity index (χ3v) is 6.80. The molecule has 1 aliphatic rings. The number of rotatable bonds is 7. The Morgan fingerprint density at radius 2 is 1.55 bits per heavy atom. The first-order chi connectivity index (χ1) is 16.2. The number of Topliss-reactive ketones (excluding diaryl/α,β-unsaturated/α-hetero) is 1. The highest BCUT2D eigenvalue weighted by Gasteiger charge is 2.19. The molecule has 1 aliphatic carbocycles. The molecule has 0 unspecified atom stereocenters. The molecule has 0 aliphatic heterocycles. The number of benzene rings is 4. The van der Waals surface area contributed by atoms with E-state index in [0.29, 0.717) is 12.2 Å². The summed E-state index contributed by atoms with van der Waals surface area (Å²) in [4.78, 5) is 26.2. The fourth-order valence-electron chi connectivity index (χ4n) is 4.20. The van der Waals surface area contributed by atoms with Gasteiger partial charge in [0, 0.05) is 16.1 Å². The summed E-state index contributed by atoms with van der Waals surface area (Å²) >= 11 is 1.49. The smallest absolute Gasteiger partial charge is 0.228 e. The van der Waals surface area contributed by atoms with E-state index in [4.69, 9.17) is 0 Å². The first-order valence-corrected chi connectivity index (χ1v) is 12.0.